The van der Waals surface area contributed by atoms with Crippen LogP contribution in [0.3, 0.4) is 0 Å². The van der Waals surface area contributed by atoms with E-state index >= 15 is 0 Å². The molecule has 6 atom stereocenters. The van der Waals surface area contributed by atoms with Crippen LogP contribution in [0.5, 0.6) is 0 Å². The molecule has 0 aliphatic carbocycles. The quantitative estimate of drug-likeness (QED) is 0.195. The number of ether oxygens (including phenoxy) is 1. The Balaban J connectivity index is 2.12. The summed E-state index contributed by atoms with van der Waals surface area (Å²) in [5.41, 5.74) is 2.28. The summed E-state index contributed by atoms with van der Waals surface area (Å²) in [6.45, 7) is 0.0462. The van der Waals surface area contributed by atoms with Crippen LogP contribution in [0.1, 0.15) is 13.2 Å². The smallest absolute Gasteiger partial charge is 0.387 e. The minimum atomic E-state index is -5.73. The van der Waals surface area contributed by atoms with Crippen molar-refractivity contribution in [3.05, 3.63) is 22.7 Å². The molecule has 1 aliphatic rings. The van der Waals surface area contributed by atoms with Gasteiger partial charge in [0.05, 0.1) is 6.61 Å². The average Bonchev–Trinajstić information content (AvgIpc) is 2.73. The van der Waals surface area contributed by atoms with Crippen LogP contribution in [0.2, 0.25) is 0 Å². The van der Waals surface area contributed by atoms with Crippen LogP contribution in [0.25, 0.3) is 0 Å². The summed E-state index contributed by atoms with van der Waals surface area (Å²) in [5, 5.41) is 20.7. The van der Waals surface area contributed by atoms with Gasteiger partial charge < -0.3 is 40.3 Å². The highest BCUT2D eigenvalue weighted by Gasteiger charge is 2.54. The Labute approximate surface area is 167 Å². The lowest BCUT2D eigenvalue weighted by molar-refractivity contribution is -0.0985. The molecule has 8 N–H and O–H groups in total. The standard InChI is InChI=1S/C10H18N3O14P3/c1-10(16)7(14)5(25-8(10)13-3-2-6(11)12-9(13)15)4-24-29(20,21)27-30(22,23)26-28(17,18)19/h2-3,5,7-8,14,16H,4H2,1H3,(H,20,21)(H,22,23)(H2,11,12,15)(H2,17,18,19)/t5-,7+,8-,10+/m1/s1. The number of nitrogens with zero attached hydrogens (tertiary/aromatic N) is 2. The summed E-state index contributed by atoms with van der Waals surface area (Å²) < 4.78 is 51.1. The highest BCUT2D eigenvalue weighted by atomic mass is 31.3. The molecule has 0 aromatic carbocycles. The lowest BCUT2D eigenvalue weighted by Gasteiger charge is -2.27. The molecule has 1 saturated heterocycles. The van der Waals surface area contributed by atoms with Gasteiger partial charge in [-0.15, -0.1) is 0 Å². The SMILES string of the molecule is C[C@]1(O)[C@@H](O)[C@@H](COP(=O)(O)OP(=O)(O)OP(=O)(O)O)O[C@H]1n1ccc(N)nc1=O. The zero-order valence-electron chi connectivity index (χ0n) is 14.9. The number of phosphoric ester groups is 1. The first kappa shape index (κ1) is 25.2. The van der Waals surface area contributed by atoms with E-state index < -0.39 is 59.8 Å². The van der Waals surface area contributed by atoms with E-state index in [9.17, 15) is 33.6 Å². The van der Waals surface area contributed by atoms with Crippen molar-refractivity contribution < 1.29 is 61.4 Å². The van der Waals surface area contributed by atoms with E-state index in [0.717, 1.165) is 17.7 Å². The molecule has 2 rings (SSSR count). The number of nitrogens with two attached hydrogens (primary N) is 1. The predicted molar refractivity (Wildman–Crippen MR) is 93.3 cm³/mol. The molecule has 2 unspecified atom stereocenters. The fourth-order valence-corrected chi connectivity index (χ4v) is 5.48. The normalized spacial score (nSPS) is 31.2. The van der Waals surface area contributed by atoms with Gasteiger partial charge in [0, 0.05) is 6.20 Å². The summed E-state index contributed by atoms with van der Waals surface area (Å²) >= 11 is 0. The predicted octanol–water partition coefficient (Wildman–Crippen LogP) is -1.82. The number of aromatic nitrogens is 2. The molecular formula is C10H18N3O14P3. The third-order valence-corrected chi connectivity index (χ3v) is 7.48. The molecule has 1 aromatic rings. The van der Waals surface area contributed by atoms with Gasteiger partial charge in [0.15, 0.2) is 6.23 Å². The maximum Gasteiger partial charge on any atom is 0.490 e. The molecule has 0 spiro atoms. The molecule has 0 bridgehead atoms. The van der Waals surface area contributed by atoms with Crippen molar-refractivity contribution in [3.63, 3.8) is 0 Å². The van der Waals surface area contributed by atoms with Gasteiger partial charge in [-0.1, -0.05) is 0 Å². The van der Waals surface area contributed by atoms with Crippen LogP contribution < -0.4 is 11.4 Å². The maximum absolute atomic E-state index is 11.9. The number of hydrogen-bond donors (Lipinski definition) is 7. The van der Waals surface area contributed by atoms with Gasteiger partial charge >= 0.3 is 29.2 Å². The third-order valence-electron chi connectivity index (χ3n) is 3.68. The monoisotopic (exact) mass is 497 g/mol. The second-order valence-electron chi connectivity index (χ2n) is 6.13. The van der Waals surface area contributed by atoms with Gasteiger partial charge in [0.1, 0.15) is 23.6 Å². The van der Waals surface area contributed by atoms with E-state index in [4.69, 9.17) is 25.2 Å². The highest BCUT2D eigenvalue weighted by Crippen LogP contribution is 2.66. The molecule has 0 amide bonds. The third kappa shape index (κ3) is 6.24. The fraction of sp³-hybridized carbons (Fsp3) is 0.600. The van der Waals surface area contributed by atoms with Crippen LogP contribution in [0, 0.1) is 0 Å². The first-order valence-electron chi connectivity index (χ1n) is 7.62. The lowest BCUT2D eigenvalue weighted by atomic mass is 9.96. The first-order chi connectivity index (χ1) is 13.4. The number of anilines is 1. The van der Waals surface area contributed by atoms with E-state index in [1.165, 1.54) is 6.07 Å². The van der Waals surface area contributed by atoms with Crippen LogP contribution in [-0.2, 0) is 31.6 Å². The van der Waals surface area contributed by atoms with Gasteiger partial charge in [-0.25, -0.2) is 18.5 Å². The average molecular weight is 497 g/mol. The van der Waals surface area contributed by atoms with Gasteiger partial charge in [-0.2, -0.15) is 13.6 Å². The Morgan fingerprint density at radius 1 is 1.23 bits per heavy atom. The lowest BCUT2D eigenvalue weighted by Crippen LogP contribution is -2.46. The number of aliphatic hydroxyl groups excluding tert-OH is 1. The van der Waals surface area contributed by atoms with Crippen LogP contribution >= 0.6 is 23.5 Å². The summed E-state index contributed by atoms with van der Waals surface area (Å²) in [6, 6.07) is 1.20. The molecule has 2 heterocycles. The van der Waals surface area contributed by atoms with Crippen molar-refractivity contribution in [2.75, 3.05) is 12.3 Å². The van der Waals surface area contributed by atoms with Crippen molar-refractivity contribution >= 4 is 29.3 Å². The minimum Gasteiger partial charge on any atom is -0.387 e. The van der Waals surface area contributed by atoms with Crippen molar-refractivity contribution in [2.45, 2.75) is 31.0 Å². The van der Waals surface area contributed by atoms with Gasteiger partial charge in [-0.05, 0) is 13.0 Å². The first-order valence-corrected chi connectivity index (χ1v) is 12.1. The zero-order chi connectivity index (χ0) is 23.1. The summed E-state index contributed by atoms with van der Waals surface area (Å²) in [4.78, 5) is 50.8. The molecule has 17 nitrogen and oxygen atoms in total. The van der Waals surface area contributed by atoms with Crippen LogP contribution in [0.15, 0.2) is 17.1 Å². The van der Waals surface area contributed by atoms with E-state index in [1.54, 1.807) is 0 Å². The van der Waals surface area contributed by atoms with Crippen molar-refractivity contribution in [2.24, 2.45) is 0 Å². The number of aliphatic hydroxyl groups is 2. The largest absolute Gasteiger partial charge is 0.490 e. The van der Waals surface area contributed by atoms with E-state index in [2.05, 4.69) is 18.1 Å². The molecule has 20 heteroatoms. The number of rotatable bonds is 8. The van der Waals surface area contributed by atoms with E-state index in [1.807, 2.05) is 0 Å². The molecule has 0 radical (unpaired) electrons. The van der Waals surface area contributed by atoms with Gasteiger partial charge in [0.2, 0.25) is 0 Å². The minimum absolute atomic E-state index is 0.126. The number of hydrogen-bond acceptors (Lipinski definition) is 12. The van der Waals surface area contributed by atoms with Crippen molar-refractivity contribution in [1.82, 2.24) is 9.55 Å². The van der Waals surface area contributed by atoms with E-state index in [0.29, 0.717) is 0 Å². The second kappa shape index (κ2) is 8.48. The molecular weight excluding hydrogens is 479 g/mol. The van der Waals surface area contributed by atoms with Gasteiger partial charge in [0.25, 0.3) is 0 Å². The summed E-state index contributed by atoms with van der Waals surface area (Å²) in [7, 11) is -16.8. The number of nitrogen functional groups attached to an aromatic ring is 1. The Morgan fingerprint density at radius 3 is 2.37 bits per heavy atom. The zero-order valence-corrected chi connectivity index (χ0v) is 17.5. The molecule has 1 aromatic heterocycles. The Hall–Kier alpha value is -1.03. The summed E-state index contributed by atoms with van der Waals surface area (Å²) in [5.74, 6) is -0.126. The number of phosphoric acid groups is 3. The van der Waals surface area contributed by atoms with Crippen LogP contribution in [0.4, 0.5) is 5.82 Å². The van der Waals surface area contributed by atoms with Crippen molar-refractivity contribution in [3.8, 4) is 0 Å². The second-order valence-corrected chi connectivity index (χ2v) is 10.5. The molecule has 1 aliphatic heterocycles. The Morgan fingerprint density at radius 2 is 1.83 bits per heavy atom. The molecule has 30 heavy (non-hydrogen) atoms. The Kier molecular flexibility index (Phi) is 7.14. The highest BCUT2D eigenvalue weighted by molar-refractivity contribution is 7.66. The van der Waals surface area contributed by atoms with E-state index in [-0.39, 0.29) is 5.82 Å². The molecule has 0 saturated carbocycles. The molecule has 172 valence electrons. The fourth-order valence-electron chi connectivity index (χ4n) is 2.45. The Bertz CT molecular complexity index is 990. The van der Waals surface area contributed by atoms with Gasteiger partial charge in [-0.3, -0.25) is 9.09 Å². The maximum atomic E-state index is 11.9. The molecule has 1 fully saturated rings. The van der Waals surface area contributed by atoms with Crippen molar-refractivity contribution in [1.29, 1.82) is 0 Å². The summed E-state index contributed by atoms with van der Waals surface area (Å²) in [6.07, 6.45) is -3.80. The van der Waals surface area contributed by atoms with Crippen LogP contribution in [-0.4, -0.2) is 63.8 Å². The topological polar surface area (TPSA) is 270 Å².